The highest BCUT2D eigenvalue weighted by Crippen LogP contribution is 2.45. The lowest BCUT2D eigenvalue weighted by Gasteiger charge is -2.33. The first kappa shape index (κ1) is 17.1. The topological polar surface area (TPSA) is 53.5 Å². The highest BCUT2D eigenvalue weighted by molar-refractivity contribution is 6.30. The maximum Gasteiger partial charge on any atom is 0.161 e. The summed E-state index contributed by atoms with van der Waals surface area (Å²) in [6, 6.07) is 8.29. The summed E-state index contributed by atoms with van der Waals surface area (Å²) in [5.41, 5.74) is 3.75. The van der Waals surface area contributed by atoms with E-state index in [1.54, 1.807) is 18.5 Å². The summed E-state index contributed by atoms with van der Waals surface area (Å²) in [5.74, 6) is 1.15. The van der Waals surface area contributed by atoms with E-state index in [0.717, 1.165) is 22.9 Å². The van der Waals surface area contributed by atoms with Gasteiger partial charge in [0.25, 0.3) is 0 Å². The lowest BCUT2D eigenvalue weighted by atomic mass is 10.1. The molecule has 0 saturated carbocycles. The predicted octanol–water partition coefficient (Wildman–Crippen LogP) is 4.29. The van der Waals surface area contributed by atoms with Gasteiger partial charge in [-0.1, -0.05) is 11.6 Å². The molecule has 8 heteroatoms. The van der Waals surface area contributed by atoms with Crippen LogP contribution in [0.5, 0.6) is 5.75 Å². The van der Waals surface area contributed by atoms with Gasteiger partial charge in [-0.2, -0.15) is 0 Å². The number of hydrogen-bond acceptors (Lipinski definition) is 6. The summed E-state index contributed by atoms with van der Waals surface area (Å²) >= 11 is 6.07. The molecule has 0 radical (unpaired) electrons. The van der Waals surface area contributed by atoms with Gasteiger partial charge in [0, 0.05) is 23.8 Å². The molecule has 1 N–H and O–H groups in total. The van der Waals surface area contributed by atoms with Crippen molar-refractivity contribution in [3.63, 3.8) is 0 Å². The minimum Gasteiger partial charge on any atom is -0.488 e. The highest BCUT2D eigenvalue weighted by Gasteiger charge is 2.28. The Morgan fingerprint density at radius 1 is 1.18 bits per heavy atom. The summed E-state index contributed by atoms with van der Waals surface area (Å²) in [6.07, 6.45) is 3.43. The highest BCUT2D eigenvalue weighted by atomic mass is 35.5. The fraction of sp³-hybridized carbons (Fsp3) is 0.200. The maximum atomic E-state index is 14.4. The Balaban J connectivity index is 1.65. The van der Waals surface area contributed by atoms with E-state index in [9.17, 15) is 4.39 Å². The normalized spacial score (nSPS) is 15.0. The van der Waals surface area contributed by atoms with Gasteiger partial charge in [0.1, 0.15) is 18.1 Å². The Hall–Kier alpha value is -3.06. The smallest absolute Gasteiger partial charge is 0.161 e. The monoisotopic (exact) mass is 397 g/mol. The summed E-state index contributed by atoms with van der Waals surface area (Å²) in [4.78, 5) is 13.1. The summed E-state index contributed by atoms with van der Waals surface area (Å²) in [6.45, 7) is 1.90. The number of rotatable bonds is 2. The molecule has 5 rings (SSSR count). The van der Waals surface area contributed by atoms with Crippen molar-refractivity contribution in [1.29, 1.82) is 0 Å². The molecule has 0 spiro atoms. The SMILES string of the molecule is CN1CNc2nccc(N3CCOc4cnc(-c5cc(Cl)ccc5F)cc43)c21. The summed E-state index contributed by atoms with van der Waals surface area (Å²) in [5, 5.41) is 3.75. The molecule has 0 atom stereocenters. The first-order valence-corrected chi connectivity index (χ1v) is 9.29. The van der Waals surface area contributed by atoms with Crippen LogP contribution in [0.25, 0.3) is 11.3 Å². The van der Waals surface area contributed by atoms with Gasteiger partial charge in [0.05, 0.1) is 36.5 Å². The number of nitrogens with one attached hydrogen (secondary N) is 1. The number of aromatic nitrogens is 2. The van der Waals surface area contributed by atoms with E-state index < -0.39 is 0 Å². The second-order valence-corrected chi connectivity index (χ2v) is 7.16. The number of pyridine rings is 2. The predicted molar refractivity (Wildman–Crippen MR) is 108 cm³/mol. The van der Waals surface area contributed by atoms with E-state index in [-0.39, 0.29) is 5.82 Å². The van der Waals surface area contributed by atoms with Crippen LogP contribution < -0.4 is 19.9 Å². The summed E-state index contributed by atoms with van der Waals surface area (Å²) < 4.78 is 20.2. The van der Waals surface area contributed by atoms with Gasteiger partial charge in [0.2, 0.25) is 0 Å². The molecule has 3 aromatic rings. The van der Waals surface area contributed by atoms with Crippen LogP contribution in [0.2, 0.25) is 5.02 Å². The molecule has 0 bridgehead atoms. The van der Waals surface area contributed by atoms with Gasteiger partial charge in [-0.15, -0.1) is 0 Å². The fourth-order valence-electron chi connectivity index (χ4n) is 3.65. The largest absolute Gasteiger partial charge is 0.488 e. The number of anilines is 4. The van der Waals surface area contributed by atoms with E-state index in [0.29, 0.717) is 41.8 Å². The van der Waals surface area contributed by atoms with Crippen LogP contribution in [0.1, 0.15) is 0 Å². The van der Waals surface area contributed by atoms with E-state index >= 15 is 0 Å². The van der Waals surface area contributed by atoms with Crippen LogP contribution in [-0.4, -0.2) is 36.8 Å². The molecule has 0 fully saturated rings. The van der Waals surface area contributed by atoms with Crippen LogP contribution in [-0.2, 0) is 0 Å². The van der Waals surface area contributed by atoms with Crippen molar-refractivity contribution < 1.29 is 9.13 Å². The molecule has 4 heterocycles. The number of nitrogens with zero attached hydrogens (tertiary/aromatic N) is 4. The molecule has 0 saturated heterocycles. The van der Waals surface area contributed by atoms with Gasteiger partial charge in [0.15, 0.2) is 11.6 Å². The standard InChI is InChI=1S/C20H17ClFN5O/c1-26-11-25-20-19(26)16(4-5-23-20)27-6-7-28-18-10-24-15(9-17(18)27)13-8-12(21)2-3-14(13)22/h2-5,8-10H,6-7,11H2,1H3,(H,23,25). The number of hydrogen-bond donors (Lipinski definition) is 1. The minimum atomic E-state index is -0.367. The second kappa shape index (κ2) is 6.53. The summed E-state index contributed by atoms with van der Waals surface area (Å²) in [7, 11) is 2.02. The zero-order chi connectivity index (χ0) is 19.3. The molecule has 2 aliphatic rings. The molecule has 28 heavy (non-hydrogen) atoms. The van der Waals surface area contributed by atoms with Crippen molar-refractivity contribution in [2.45, 2.75) is 0 Å². The number of benzene rings is 1. The Bertz CT molecular complexity index is 1080. The third-order valence-electron chi connectivity index (χ3n) is 4.97. The van der Waals surface area contributed by atoms with Gasteiger partial charge >= 0.3 is 0 Å². The van der Waals surface area contributed by atoms with Crippen molar-refractivity contribution in [1.82, 2.24) is 9.97 Å². The number of ether oxygens (including phenoxy) is 1. The van der Waals surface area contributed by atoms with Crippen molar-refractivity contribution >= 4 is 34.5 Å². The molecule has 0 aliphatic carbocycles. The number of halogens is 2. The Labute approximate surface area is 166 Å². The molecule has 6 nitrogen and oxygen atoms in total. The van der Waals surface area contributed by atoms with Gasteiger partial charge < -0.3 is 19.9 Å². The van der Waals surface area contributed by atoms with Crippen molar-refractivity contribution in [3.8, 4) is 17.0 Å². The lowest BCUT2D eigenvalue weighted by molar-refractivity contribution is 0.313. The Morgan fingerprint density at radius 2 is 2.07 bits per heavy atom. The van der Waals surface area contributed by atoms with E-state index in [1.807, 2.05) is 19.2 Å². The zero-order valence-electron chi connectivity index (χ0n) is 15.1. The minimum absolute atomic E-state index is 0.361. The molecule has 142 valence electrons. The number of fused-ring (bicyclic) bond motifs is 2. The molecular formula is C20H17ClFN5O. The lowest BCUT2D eigenvalue weighted by Crippen LogP contribution is -2.30. The third-order valence-corrected chi connectivity index (χ3v) is 5.21. The third kappa shape index (κ3) is 2.70. The first-order valence-electron chi connectivity index (χ1n) is 8.91. The van der Waals surface area contributed by atoms with Crippen molar-refractivity contribution in [2.75, 3.05) is 42.0 Å². The van der Waals surface area contributed by atoms with Crippen LogP contribution in [0.15, 0.2) is 42.7 Å². The molecule has 1 aromatic carbocycles. The molecule has 0 amide bonds. The van der Waals surface area contributed by atoms with Crippen molar-refractivity contribution in [3.05, 3.63) is 53.6 Å². The zero-order valence-corrected chi connectivity index (χ0v) is 15.9. The average Bonchev–Trinajstić information content (AvgIpc) is 3.10. The van der Waals surface area contributed by atoms with Gasteiger partial charge in [-0.3, -0.25) is 4.98 Å². The van der Waals surface area contributed by atoms with Crippen molar-refractivity contribution in [2.24, 2.45) is 0 Å². The maximum absolute atomic E-state index is 14.4. The quantitative estimate of drug-likeness (QED) is 0.696. The average molecular weight is 398 g/mol. The van der Waals surface area contributed by atoms with Crippen LogP contribution >= 0.6 is 11.6 Å². The van der Waals surface area contributed by atoms with Gasteiger partial charge in [-0.05, 0) is 30.3 Å². The van der Waals surface area contributed by atoms with Crippen LogP contribution in [0.4, 0.5) is 27.3 Å². The molecule has 2 aliphatic heterocycles. The van der Waals surface area contributed by atoms with E-state index in [1.165, 1.54) is 12.1 Å². The Morgan fingerprint density at radius 3 is 2.96 bits per heavy atom. The van der Waals surface area contributed by atoms with Crippen LogP contribution in [0.3, 0.4) is 0 Å². The molecule has 2 aromatic heterocycles. The first-order chi connectivity index (χ1) is 13.6. The second-order valence-electron chi connectivity index (χ2n) is 6.72. The van der Waals surface area contributed by atoms with E-state index in [4.69, 9.17) is 16.3 Å². The molecule has 0 unspecified atom stereocenters. The fourth-order valence-corrected chi connectivity index (χ4v) is 3.82. The Kier molecular flexibility index (Phi) is 3.98. The van der Waals surface area contributed by atoms with E-state index in [2.05, 4.69) is 25.1 Å². The molecular weight excluding hydrogens is 381 g/mol. The van der Waals surface area contributed by atoms with Gasteiger partial charge in [-0.25, -0.2) is 9.37 Å². The van der Waals surface area contributed by atoms with Crippen LogP contribution in [0, 0.1) is 5.82 Å².